The van der Waals surface area contributed by atoms with Gasteiger partial charge >= 0.3 is 11.9 Å². The van der Waals surface area contributed by atoms with Gasteiger partial charge in [-0.3, -0.25) is 9.69 Å². The lowest BCUT2D eigenvalue weighted by Crippen LogP contribution is -2.45. The largest absolute Gasteiger partial charge is 0.459 e. The third-order valence-electron chi connectivity index (χ3n) is 4.20. The first-order chi connectivity index (χ1) is 12.0. The van der Waals surface area contributed by atoms with Crippen LogP contribution in [0.15, 0.2) is 24.3 Å². The van der Waals surface area contributed by atoms with Crippen LogP contribution in [0.25, 0.3) is 0 Å². The fourth-order valence-corrected chi connectivity index (χ4v) is 2.80. The Labute approximate surface area is 148 Å². The van der Waals surface area contributed by atoms with Crippen LogP contribution in [0.5, 0.6) is 0 Å². The van der Waals surface area contributed by atoms with Gasteiger partial charge in [0.05, 0.1) is 25.9 Å². The van der Waals surface area contributed by atoms with Gasteiger partial charge < -0.3 is 19.7 Å². The van der Waals surface area contributed by atoms with Gasteiger partial charge in [0.2, 0.25) is 0 Å². The molecular weight excluding hydrogens is 322 g/mol. The summed E-state index contributed by atoms with van der Waals surface area (Å²) in [4.78, 5) is 27.7. The van der Waals surface area contributed by atoms with Crippen molar-refractivity contribution in [3.05, 3.63) is 29.8 Å². The van der Waals surface area contributed by atoms with E-state index >= 15 is 0 Å². The van der Waals surface area contributed by atoms with Crippen LogP contribution in [0.3, 0.4) is 0 Å². The molecule has 1 aliphatic heterocycles. The standard InChI is InChI=1S/C18H27N3O4/c1-4-25-18(23)17(22)19-13-16(21-9-11-24-12-10-21)14-5-7-15(8-6-14)20(2)3/h5-8,16H,4,9-13H2,1-3H3,(H,19,22). The third-order valence-corrected chi connectivity index (χ3v) is 4.20. The number of carbonyl (C=O) groups excluding carboxylic acids is 2. The number of hydrogen-bond acceptors (Lipinski definition) is 6. The first-order valence-corrected chi connectivity index (χ1v) is 8.57. The summed E-state index contributed by atoms with van der Waals surface area (Å²) in [7, 11) is 3.99. The molecule has 0 aromatic heterocycles. The molecule has 1 amide bonds. The van der Waals surface area contributed by atoms with Crippen molar-refractivity contribution in [1.82, 2.24) is 10.2 Å². The van der Waals surface area contributed by atoms with Crippen LogP contribution in [0, 0.1) is 0 Å². The van der Waals surface area contributed by atoms with E-state index in [-0.39, 0.29) is 12.6 Å². The van der Waals surface area contributed by atoms with E-state index in [1.165, 1.54) is 0 Å². The summed E-state index contributed by atoms with van der Waals surface area (Å²) in [5.41, 5.74) is 2.21. The summed E-state index contributed by atoms with van der Waals surface area (Å²) in [6, 6.07) is 8.21. The summed E-state index contributed by atoms with van der Waals surface area (Å²) >= 11 is 0. The van der Waals surface area contributed by atoms with Crippen LogP contribution in [0.1, 0.15) is 18.5 Å². The summed E-state index contributed by atoms with van der Waals surface area (Å²) < 4.78 is 10.2. The molecule has 1 fully saturated rings. The zero-order chi connectivity index (χ0) is 18.2. The Bertz CT molecular complexity index is 568. The van der Waals surface area contributed by atoms with Gasteiger partial charge in [0, 0.05) is 39.4 Å². The van der Waals surface area contributed by atoms with E-state index in [4.69, 9.17) is 9.47 Å². The van der Waals surface area contributed by atoms with Gasteiger partial charge in [-0.2, -0.15) is 0 Å². The Hall–Kier alpha value is -2.12. The van der Waals surface area contributed by atoms with Gasteiger partial charge in [-0.05, 0) is 24.6 Å². The minimum Gasteiger partial charge on any atom is -0.459 e. The number of morpholine rings is 1. The number of nitrogens with one attached hydrogen (secondary N) is 1. The van der Waals surface area contributed by atoms with Gasteiger partial charge in [0.15, 0.2) is 0 Å². The average Bonchev–Trinajstić information content (AvgIpc) is 2.63. The highest BCUT2D eigenvalue weighted by atomic mass is 16.5. The minimum absolute atomic E-state index is 0.0153. The number of benzene rings is 1. The van der Waals surface area contributed by atoms with E-state index in [1.54, 1.807) is 6.92 Å². The zero-order valence-corrected chi connectivity index (χ0v) is 15.2. The number of rotatable bonds is 6. The molecular formula is C18H27N3O4. The SMILES string of the molecule is CCOC(=O)C(=O)NCC(c1ccc(N(C)C)cc1)N1CCOCC1. The highest BCUT2D eigenvalue weighted by molar-refractivity contribution is 6.32. The van der Waals surface area contributed by atoms with Gasteiger partial charge in [0.25, 0.3) is 0 Å². The molecule has 138 valence electrons. The fraction of sp³-hybridized carbons (Fsp3) is 0.556. The summed E-state index contributed by atoms with van der Waals surface area (Å²) in [6.45, 7) is 5.11. The molecule has 2 rings (SSSR count). The van der Waals surface area contributed by atoms with Crippen molar-refractivity contribution in [2.75, 3.05) is 58.5 Å². The predicted octanol–water partition coefficient (Wildman–Crippen LogP) is 0.805. The second kappa shape index (κ2) is 9.39. The molecule has 1 aliphatic rings. The maximum absolute atomic E-state index is 11.9. The van der Waals surface area contributed by atoms with E-state index < -0.39 is 11.9 Å². The van der Waals surface area contributed by atoms with Crippen LogP contribution < -0.4 is 10.2 Å². The van der Waals surface area contributed by atoms with E-state index in [0.717, 1.165) is 24.3 Å². The quantitative estimate of drug-likeness (QED) is 0.605. The van der Waals surface area contributed by atoms with E-state index in [9.17, 15) is 9.59 Å². The predicted molar refractivity (Wildman–Crippen MR) is 95.5 cm³/mol. The van der Waals surface area contributed by atoms with Crippen molar-refractivity contribution in [2.24, 2.45) is 0 Å². The Kier molecular flexibility index (Phi) is 7.21. The first kappa shape index (κ1) is 19.2. The van der Waals surface area contributed by atoms with Crippen LogP contribution in [-0.4, -0.2) is 70.3 Å². The van der Waals surface area contributed by atoms with Crippen LogP contribution in [-0.2, 0) is 19.1 Å². The second-order valence-electron chi connectivity index (χ2n) is 6.08. The molecule has 1 unspecified atom stereocenters. The molecule has 0 spiro atoms. The summed E-state index contributed by atoms with van der Waals surface area (Å²) in [5.74, 6) is -1.55. The maximum Gasteiger partial charge on any atom is 0.396 e. The highest BCUT2D eigenvalue weighted by Crippen LogP contribution is 2.23. The number of esters is 1. The lowest BCUT2D eigenvalue weighted by atomic mass is 10.0. The molecule has 0 saturated carbocycles. The lowest BCUT2D eigenvalue weighted by Gasteiger charge is -2.35. The minimum atomic E-state index is -0.841. The van der Waals surface area contributed by atoms with Crippen molar-refractivity contribution >= 4 is 17.6 Å². The Morgan fingerprint density at radius 3 is 2.44 bits per heavy atom. The second-order valence-corrected chi connectivity index (χ2v) is 6.08. The summed E-state index contributed by atoms with van der Waals surface area (Å²) in [5, 5.41) is 2.69. The van der Waals surface area contributed by atoms with Crippen LogP contribution >= 0.6 is 0 Å². The average molecular weight is 349 g/mol. The number of amides is 1. The molecule has 0 bridgehead atoms. The fourth-order valence-electron chi connectivity index (χ4n) is 2.80. The number of hydrogen-bond donors (Lipinski definition) is 1. The van der Waals surface area contributed by atoms with Gasteiger partial charge in [-0.25, -0.2) is 4.79 Å². The van der Waals surface area contributed by atoms with Gasteiger partial charge in [-0.15, -0.1) is 0 Å². The maximum atomic E-state index is 11.9. The molecule has 0 radical (unpaired) electrons. The van der Waals surface area contributed by atoms with Crippen molar-refractivity contribution in [1.29, 1.82) is 0 Å². The van der Waals surface area contributed by atoms with Gasteiger partial charge in [-0.1, -0.05) is 12.1 Å². The van der Waals surface area contributed by atoms with Gasteiger partial charge in [0.1, 0.15) is 0 Å². The molecule has 1 saturated heterocycles. The van der Waals surface area contributed by atoms with E-state index in [2.05, 4.69) is 34.5 Å². The molecule has 1 heterocycles. The zero-order valence-electron chi connectivity index (χ0n) is 15.2. The molecule has 0 aliphatic carbocycles. The molecule has 1 aromatic carbocycles. The Morgan fingerprint density at radius 2 is 1.88 bits per heavy atom. The van der Waals surface area contributed by atoms with Crippen LogP contribution in [0.4, 0.5) is 5.69 Å². The number of anilines is 1. The van der Waals surface area contributed by atoms with Crippen molar-refractivity contribution < 1.29 is 19.1 Å². The van der Waals surface area contributed by atoms with E-state index in [1.807, 2.05) is 19.0 Å². The number of nitrogens with zero attached hydrogens (tertiary/aromatic N) is 2. The first-order valence-electron chi connectivity index (χ1n) is 8.57. The third kappa shape index (κ3) is 5.44. The van der Waals surface area contributed by atoms with Crippen molar-refractivity contribution in [2.45, 2.75) is 13.0 Å². The molecule has 7 heteroatoms. The summed E-state index contributed by atoms with van der Waals surface area (Å²) in [6.07, 6.45) is 0. The van der Waals surface area contributed by atoms with Crippen molar-refractivity contribution in [3.8, 4) is 0 Å². The molecule has 25 heavy (non-hydrogen) atoms. The Balaban J connectivity index is 2.09. The number of carbonyl (C=O) groups is 2. The highest BCUT2D eigenvalue weighted by Gasteiger charge is 2.24. The van der Waals surface area contributed by atoms with Crippen molar-refractivity contribution in [3.63, 3.8) is 0 Å². The molecule has 1 aromatic rings. The number of ether oxygens (including phenoxy) is 2. The molecule has 1 atom stereocenters. The van der Waals surface area contributed by atoms with E-state index in [0.29, 0.717) is 19.8 Å². The smallest absolute Gasteiger partial charge is 0.396 e. The van der Waals surface area contributed by atoms with Crippen LogP contribution in [0.2, 0.25) is 0 Å². The lowest BCUT2D eigenvalue weighted by molar-refractivity contribution is -0.154. The molecule has 1 N–H and O–H groups in total. The Morgan fingerprint density at radius 1 is 1.24 bits per heavy atom. The monoisotopic (exact) mass is 349 g/mol. The molecule has 7 nitrogen and oxygen atoms in total. The normalized spacial score (nSPS) is 16.1. The topological polar surface area (TPSA) is 71.1 Å².